The Bertz CT molecular complexity index is 744. The average Bonchev–Trinajstić information content (AvgIpc) is 3.11. The number of esters is 1. The number of hydrogen-bond donors (Lipinski definition) is 0. The highest BCUT2D eigenvalue weighted by Gasteiger charge is 2.38. The van der Waals surface area contributed by atoms with E-state index in [1.165, 1.54) is 19.2 Å². The Balaban J connectivity index is 2.01. The molecule has 0 radical (unpaired) electrons. The molecule has 1 unspecified atom stereocenters. The summed E-state index contributed by atoms with van der Waals surface area (Å²) in [6.07, 6.45) is -2.86. The van der Waals surface area contributed by atoms with Crippen LogP contribution < -0.4 is 0 Å². The van der Waals surface area contributed by atoms with Gasteiger partial charge in [-0.3, -0.25) is 9.69 Å². The lowest BCUT2D eigenvalue weighted by molar-refractivity contribution is -0.146. The van der Waals surface area contributed by atoms with E-state index >= 15 is 0 Å². The van der Waals surface area contributed by atoms with Crippen LogP contribution in [0.3, 0.4) is 0 Å². The summed E-state index contributed by atoms with van der Waals surface area (Å²) in [5, 5.41) is 0. The molecule has 26 heavy (non-hydrogen) atoms. The number of rotatable bonds is 4. The number of carbonyl (C=O) groups excluding carboxylic acids is 1. The van der Waals surface area contributed by atoms with Crippen LogP contribution in [0.5, 0.6) is 0 Å². The van der Waals surface area contributed by atoms with Crippen molar-refractivity contribution in [2.24, 2.45) is 0 Å². The molecule has 2 aromatic carbocycles. The molecule has 0 aliphatic carbocycles. The highest BCUT2D eigenvalue weighted by atomic mass is 19.4. The second-order valence-corrected chi connectivity index (χ2v) is 6.35. The first-order valence-electron chi connectivity index (χ1n) is 8.47. The quantitative estimate of drug-likeness (QED) is 0.753. The molecule has 0 N–H and O–H groups in total. The minimum atomic E-state index is -4.37. The van der Waals surface area contributed by atoms with Crippen molar-refractivity contribution >= 4 is 5.97 Å². The van der Waals surface area contributed by atoms with Crippen LogP contribution >= 0.6 is 0 Å². The fourth-order valence-corrected chi connectivity index (χ4v) is 3.55. The topological polar surface area (TPSA) is 29.5 Å². The molecule has 0 bridgehead atoms. The average molecular weight is 363 g/mol. The number of ether oxygens (including phenoxy) is 1. The van der Waals surface area contributed by atoms with Gasteiger partial charge in [-0.2, -0.15) is 13.2 Å². The predicted octanol–water partition coefficient (Wildman–Crippen LogP) is 4.43. The van der Waals surface area contributed by atoms with E-state index < -0.39 is 17.8 Å². The lowest BCUT2D eigenvalue weighted by Gasteiger charge is -2.32. The smallest absolute Gasteiger partial charge is 0.416 e. The van der Waals surface area contributed by atoms with Gasteiger partial charge in [-0.15, -0.1) is 0 Å². The van der Waals surface area contributed by atoms with Gasteiger partial charge >= 0.3 is 12.1 Å². The standard InChI is InChI=1S/C20H20F3NO2/c1-26-19(25)17-8-5-13-24(17)18(14-6-3-2-4-7-14)15-9-11-16(12-10-15)20(21,22)23/h2-4,6-7,9-12,17-18H,5,8,13H2,1H3/t17-,18?/m0/s1. The van der Waals surface area contributed by atoms with E-state index in [2.05, 4.69) is 0 Å². The van der Waals surface area contributed by atoms with Crippen molar-refractivity contribution < 1.29 is 22.7 Å². The van der Waals surface area contributed by atoms with Gasteiger partial charge < -0.3 is 4.74 Å². The Morgan fingerprint density at radius 3 is 2.27 bits per heavy atom. The van der Waals surface area contributed by atoms with E-state index in [0.29, 0.717) is 13.0 Å². The maximum Gasteiger partial charge on any atom is 0.416 e. The minimum absolute atomic E-state index is 0.301. The number of methoxy groups -OCH3 is 1. The molecule has 1 aliphatic heterocycles. The summed E-state index contributed by atoms with van der Waals surface area (Å²) in [5.41, 5.74) is 0.974. The van der Waals surface area contributed by atoms with Crippen LogP contribution in [-0.2, 0) is 15.7 Å². The first-order valence-corrected chi connectivity index (χ1v) is 8.47. The zero-order chi connectivity index (χ0) is 18.7. The monoisotopic (exact) mass is 363 g/mol. The SMILES string of the molecule is COC(=O)[C@@H]1CCCN1C(c1ccccc1)c1ccc(C(F)(F)F)cc1. The van der Waals surface area contributed by atoms with Crippen molar-refractivity contribution in [3.63, 3.8) is 0 Å². The van der Waals surface area contributed by atoms with Crippen LogP contribution in [-0.4, -0.2) is 30.6 Å². The van der Waals surface area contributed by atoms with E-state index in [9.17, 15) is 18.0 Å². The van der Waals surface area contributed by atoms with Gasteiger partial charge in [0, 0.05) is 6.54 Å². The molecule has 0 amide bonds. The van der Waals surface area contributed by atoms with Crippen molar-refractivity contribution in [1.29, 1.82) is 0 Å². The van der Waals surface area contributed by atoms with Crippen molar-refractivity contribution in [3.8, 4) is 0 Å². The van der Waals surface area contributed by atoms with Crippen molar-refractivity contribution in [1.82, 2.24) is 4.90 Å². The van der Waals surface area contributed by atoms with Crippen LogP contribution in [0.15, 0.2) is 54.6 Å². The maximum atomic E-state index is 12.9. The van der Waals surface area contributed by atoms with Crippen LogP contribution in [0, 0.1) is 0 Å². The summed E-state index contributed by atoms with van der Waals surface area (Å²) in [4.78, 5) is 14.2. The van der Waals surface area contributed by atoms with Crippen LogP contribution in [0.4, 0.5) is 13.2 Å². The molecule has 1 fully saturated rings. The number of hydrogen-bond acceptors (Lipinski definition) is 3. The van der Waals surface area contributed by atoms with Crippen LogP contribution in [0.25, 0.3) is 0 Å². The number of halogens is 3. The van der Waals surface area contributed by atoms with Crippen molar-refractivity contribution in [3.05, 3.63) is 71.3 Å². The summed E-state index contributed by atoms with van der Waals surface area (Å²) in [6, 6.07) is 14.0. The highest BCUT2D eigenvalue weighted by molar-refractivity contribution is 5.76. The predicted molar refractivity (Wildman–Crippen MR) is 91.5 cm³/mol. The molecule has 3 nitrogen and oxygen atoms in total. The number of likely N-dealkylation sites (tertiary alicyclic amines) is 1. The number of carbonyl (C=O) groups is 1. The Morgan fingerprint density at radius 2 is 1.69 bits per heavy atom. The third-order valence-corrected chi connectivity index (χ3v) is 4.77. The maximum absolute atomic E-state index is 12.9. The third kappa shape index (κ3) is 3.75. The lowest BCUT2D eigenvalue weighted by Crippen LogP contribution is -2.40. The van der Waals surface area contributed by atoms with Gasteiger partial charge in [-0.05, 0) is 36.1 Å². The zero-order valence-electron chi connectivity index (χ0n) is 14.4. The molecular weight excluding hydrogens is 343 g/mol. The van der Waals surface area contributed by atoms with Crippen LogP contribution in [0.1, 0.15) is 35.6 Å². The molecule has 1 aliphatic rings. The Labute approximate surface area is 150 Å². The molecule has 0 aromatic heterocycles. The van der Waals surface area contributed by atoms with Gasteiger partial charge in [0.25, 0.3) is 0 Å². The van der Waals surface area contributed by atoms with Gasteiger partial charge in [-0.25, -0.2) is 0 Å². The third-order valence-electron chi connectivity index (χ3n) is 4.77. The molecule has 0 saturated carbocycles. The lowest BCUT2D eigenvalue weighted by atomic mass is 9.95. The minimum Gasteiger partial charge on any atom is -0.468 e. The molecule has 1 heterocycles. The van der Waals surface area contributed by atoms with E-state index in [1.54, 1.807) is 0 Å². The van der Waals surface area contributed by atoms with Gasteiger partial charge in [0.1, 0.15) is 6.04 Å². The van der Waals surface area contributed by atoms with Crippen molar-refractivity contribution in [2.75, 3.05) is 13.7 Å². The van der Waals surface area contributed by atoms with E-state index in [0.717, 1.165) is 29.7 Å². The first-order chi connectivity index (χ1) is 12.4. The molecule has 2 aromatic rings. The molecule has 3 rings (SSSR count). The summed E-state index contributed by atoms with van der Waals surface area (Å²) >= 11 is 0. The normalized spacial score (nSPS) is 19.3. The first kappa shape index (κ1) is 18.5. The highest BCUT2D eigenvalue weighted by Crippen LogP contribution is 2.36. The second kappa shape index (κ2) is 7.50. The Morgan fingerprint density at radius 1 is 1.08 bits per heavy atom. The molecular formula is C20H20F3NO2. The molecule has 2 atom stereocenters. The molecule has 0 spiro atoms. The van der Waals surface area contributed by atoms with Gasteiger partial charge in [0.15, 0.2) is 0 Å². The largest absolute Gasteiger partial charge is 0.468 e. The summed E-state index contributed by atoms with van der Waals surface area (Å²) < 4.78 is 43.6. The van der Waals surface area contributed by atoms with E-state index in [1.807, 2.05) is 35.2 Å². The molecule has 138 valence electrons. The summed E-state index contributed by atoms with van der Waals surface area (Å²) in [6.45, 7) is 0.681. The number of benzene rings is 2. The zero-order valence-corrected chi connectivity index (χ0v) is 14.4. The molecule has 6 heteroatoms. The summed E-state index contributed by atoms with van der Waals surface area (Å²) in [5.74, 6) is -0.310. The summed E-state index contributed by atoms with van der Waals surface area (Å²) in [7, 11) is 1.36. The van der Waals surface area contributed by atoms with Crippen molar-refractivity contribution in [2.45, 2.75) is 31.1 Å². The van der Waals surface area contributed by atoms with Gasteiger partial charge in [-0.1, -0.05) is 42.5 Å². The van der Waals surface area contributed by atoms with Crippen LogP contribution in [0.2, 0.25) is 0 Å². The van der Waals surface area contributed by atoms with Gasteiger partial charge in [0.05, 0.1) is 18.7 Å². The second-order valence-electron chi connectivity index (χ2n) is 6.35. The number of alkyl halides is 3. The fourth-order valence-electron chi connectivity index (χ4n) is 3.55. The Kier molecular flexibility index (Phi) is 5.32. The fraction of sp³-hybridized carbons (Fsp3) is 0.350. The number of nitrogens with zero attached hydrogens (tertiary/aromatic N) is 1. The molecule has 1 saturated heterocycles. The van der Waals surface area contributed by atoms with Gasteiger partial charge in [0.2, 0.25) is 0 Å². The Hall–Kier alpha value is -2.34. The van der Waals surface area contributed by atoms with E-state index in [4.69, 9.17) is 4.74 Å². The van der Waals surface area contributed by atoms with E-state index in [-0.39, 0.29) is 12.0 Å².